The molecule has 0 aromatic heterocycles. The number of hydrogen-bond donors (Lipinski definition) is 2. The van der Waals surface area contributed by atoms with Crippen LogP contribution in [0.15, 0.2) is 0 Å². The molecular formula is C12H22N2O3. The molecule has 1 aliphatic rings. The van der Waals surface area contributed by atoms with Gasteiger partial charge in [-0.3, -0.25) is 9.59 Å². The smallest absolute Gasteiger partial charge is 0.310 e. The molecule has 0 bridgehead atoms. The fourth-order valence-electron chi connectivity index (χ4n) is 2.05. The molecular weight excluding hydrogens is 220 g/mol. The molecule has 0 spiro atoms. The van der Waals surface area contributed by atoms with Gasteiger partial charge in [0.05, 0.1) is 13.0 Å². The summed E-state index contributed by atoms with van der Waals surface area (Å²) in [5.74, 6) is -0.461. The van der Waals surface area contributed by atoms with E-state index < -0.39 is 0 Å². The van der Waals surface area contributed by atoms with Crippen LogP contribution in [0.3, 0.4) is 0 Å². The van der Waals surface area contributed by atoms with Crippen LogP contribution in [0.5, 0.6) is 0 Å². The second kappa shape index (κ2) is 6.59. The van der Waals surface area contributed by atoms with Crippen molar-refractivity contribution in [3.8, 4) is 0 Å². The van der Waals surface area contributed by atoms with Gasteiger partial charge in [0.25, 0.3) is 0 Å². The quantitative estimate of drug-likeness (QED) is 0.696. The first-order chi connectivity index (χ1) is 8.04. The van der Waals surface area contributed by atoms with E-state index >= 15 is 0 Å². The molecule has 0 aromatic rings. The highest BCUT2D eigenvalue weighted by Crippen LogP contribution is 2.16. The SMILES string of the molecule is COC(=O)C(C)CNC(=O)[C@H]1CCN[C@@H](C)C1. The third kappa shape index (κ3) is 4.34. The maximum atomic E-state index is 11.9. The molecule has 1 fully saturated rings. The zero-order valence-corrected chi connectivity index (χ0v) is 10.8. The van der Waals surface area contributed by atoms with Crippen molar-refractivity contribution in [2.75, 3.05) is 20.2 Å². The Hall–Kier alpha value is -1.10. The van der Waals surface area contributed by atoms with Crippen molar-refractivity contribution in [3.05, 3.63) is 0 Å². The molecule has 17 heavy (non-hydrogen) atoms. The summed E-state index contributed by atoms with van der Waals surface area (Å²) in [7, 11) is 1.36. The van der Waals surface area contributed by atoms with E-state index in [1.54, 1.807) is 6.92 Å². The Morgan fingerprint density at radius 1 is 1.53 bits per heavy atom. The molecule has 2 N–H and O–H groups in total. The number of nitrogens with one attached hydrogen (secondary N) is 2. The van der Waals surface area contributed by atoms with Gasteiger partial charge in [-0.2, -0.15) is 0 Å². The third-order valence-corrected chi connectivity index (χ3v) is 3.18. The number of piperidine rings is 1. The molecule has 5 nitrogen and oxygen atoms in total. The molecule has 3 atom stereocenters. The topological polar surface area (TPSA) is 67.4 Å². The van der Waals surface area contributed by atoms with Gasteiger partial charge < -0.3 is 15.4 Å². The molecule has 0 radical (unpaired) electrons. The molecule has 98 valence electrons. The molecule has 0 aliphatic carbocycles. The molecule has 0 saturated carbocycles. The minimum atomic E-state index is -0.289. The average molecular weight is 242 g/mol. The Morgan fingerprint density at radius 3 is 2.82 bits per heavy atom. The van der Waals surface area contributed by atoms with E-state index in [0.29, 0.717) is 12.6 Å². The van der Waals surface area contributed by atoms with Gasteiger partial charge in [-0.1, -0.05) is 6.92 Å². The van der Waals surface area contributed by atoms with E-state index in [1.807, 2.05) is 0 Å². The summed E-state index contributed by atoms with van der Waals surface area (Å²) in [6.07, 6.45) is 1.72. The first-order valence-corrected chi connectivity index (χ1v) is 6.13. The summed E-state index contributed by atoms with van der Waals surface area (Å²) < 4.78 is 4.61. The van der Waals surface area contributed by atoms with Gasteiger partial charge in [0.2, 0.25) is 5.91 Å². The van der Waals surface area contributed by atoms with Crippen LogP contribution in [0, 0.1) is 11.8 Å². The Labute approximate surface area is 102 Å². The minimum Gasteiger partial charge on any atom is -0.469 e. The van der Waals surface area contributed by atoms with E-state index in [4.69, 9.17) is 0 Å². The van der Waals surface area contributed by atoms with Crippen LogP contribution in [-0.4, -0.2) is 38.1 Å². The first kappa shape index (κ1) is 14.0. The maximum Gasteiger partial charge on any atom is 0.310 e. The number of amides is 1. The fourth-order valence-corrected chi connectivity index (χ4v) is 2.05. The molecule has 1 heterocycles. The van der Waals surface area contributed by atoms with Gasteiger partial charge in [0.1, 0.15) is 0 Å². The zero-order valence-electron chi connectivity index (χ0n) is 10.8. The number of ether oxygens (including phenoxy) is 1. The number of esters is 1. The Kier molecular flexibility index (Phi) is 5.41. The Balaban J connectivity index is 2.31. The highest BCUT2D eigenvalue weighted by molar-refractivity contribution is 5.80. The lowest BCUT2D eigenvalue weighted by atomic mass is 9.92. The second-order valence-corrected chi connectivity index (χ2v) is 4.75. The molecule has 1 aliphatic heterocycles. The van der Waals surface area contributed by atoms with Crippen LogP contribution in [0.25, 0.3) is 0 Å². The fraction of sp³-hybridized carbons (Fsp3) is 0.833. The molecule has 1 rings (SSSR count). The molecule has 1 unspecified atom stereocenters. The van der Waals surface area contributed by atoms with E-state index in [1.165, 1.54) is 7.11 Å². The summed E-state index contributed by atoms with van der Waals surface area (Å²) >= 11 is 0. The standard InChI is InChI=1S/C12H22N2O3/c1-8(12(16)17-3)7-14-11(15)10-4-5-13-9(2)6-10/h8-10,13H,4-7H2,1-3H3,(H,14,15)/t8?,9-,10-/m0/s1. The van der Waals surface area contributed by atoms with Crippen molar-refractivity contribution < 1.29 is 14.3 Å². The van der Waals surface area contributed by atoms with Gasteiger partial charge in [0, 0.05) is 18.5 Å². The predicted octanol–water partition coefficient (Wildman–Crippen LogP) is 0.300. The van der Waals surface area contributed by atoms with Crippen molar-refractivity contribution in [1.29, 1.82) is 0 Å². The van der Waals surface area contributed by atoms with E-state index in [9.17, 15) is 9.59 Å². The summed E-state index contributed by atoms with van der Waals surface area (Å²) in [5.41, 5.74) is 0. The third-order valence-electron chi connectivity index (χ3n) is 3.18. The lowest BCUT2D eigenvalue weighted by Crippen LogP contribution is -2.43. The van der Waals surface area contributed by atoms with Crippen LogP contribution >= 0.6 is 0 Å². The molecule has 1 amide bonds. The monoisotopic (exact) mass is 242 g/mol. The van der Waals surface area contributed by atoms with Crippen LogP contribution in [0.1, 0.15) is 26.7 Å². The van der Waals surface area contributed by atoms with Gasteiger partial charge in [-0.15, -0.1) is 0 Å². The zero-order chi connectivity index (χ0) is 12.8. The predicted molar refractivity (Wildman–Crippen MR) is 64.4 cm³/mol. The van der Waals surface area contributed by atoms with Crippen LogP contribution in [0.4, 0.5) is 0 Å². The van der Waals surface area contributed by atoms with Crippen molar-refractivity contribution in [1.82, 2.24) is 10.6 Å². The number of carbonyl (C=O) groups is 2. The molecule has 1 saturated heterocycles. The number of methoxy groups -OCH3 is 1. The van der Waals surface area contributed by atoms with Crippen molar-refractivity contribution >= 4 is 11.9 Å². The number of hydrogen-bond acceptors (Lipinski definition) is 4. The van der Waals surface area contributed by atoms with Crippen LogP contribution in [-0.2, 0) is 14.3 Å². The number of carbonyl (C=O) groups excluding carboxylic acids is 2. The normalized spacial score (nSPS) is 26.1. The lowest BCUT2D eigenvalue weighted by molar-refractivity contribution is -0.144. The Bertz CT molecular complexity index is 281. The highest BCUT2D eigenvalue weighted by atomic mass is 16.5. The first-order valence-electron chi connectivity index (χ1n) is 6.13. The summed E-state index contributed by atoms with van der Waals surface area (Å²) in [4.78, 5) is 23.0. The van der Waals surface area contributed by atoms with Crippen molar-refractivity contribution in [2.24, 2.45) is 11.8 Å². The van der Waals surface area contributed by atoms with Gasteiger partial charge in [-0.25, -0.2) is 0 Å². The average Bonchev–Trinajstić information content (AvgIpc) is 2.34. The van der Waals surface area contributed by atoms with Crippen LogP contribution < -0.4 is 10.6 Å². The van der Waals surface area contributed by atoms with Crippen molar-refractivity contribution in [3.63, 3.8) is 0 Å². The van der Waals surface area contributed by atoms with Gasteiger partial charge >= 0.3 is 5.97 Å². The molecule has 0 aromatic carbocycles. The van der Waals surface area contributed by atoms with E-state index in [2.05, 4.69) is 22.3 Å². The maximum absolute atomic E-state index is 11.9. The summed E-state index contributed by atoms with van der Waals surface area (Å²) in [6.45, 7) is 5.06. The van der Waals surface area contributed by atoms with Gasteiger partial charge in [0.15, 0.2) is 0 Å². The largest absolute Gasteiger partial charge is 0.469 e. The minimum absolute atomic E-state index is 0.0501. The summed E-state index contributed by atoms with van der Waals surface area (Å²) in [5, 5.41) is 6.13. The molecule has 5 heteroatoms. The van der Waals surface area contributed by atoms with E-state index in [-0.39, 0.29) is 23.7 Å². The highest BCUT2D eigenvalue weighted by Gasteiger charge is 2.25. The second-order valence-electron chi connectivity index (χ2n) is 4.75. The Morgan fingerprint density at radius 2 is 2.24 bits per heavy atom. The van der Waals surface area contributed by atoms with Crippen molar-refractivity contribution in [2.45, 2.75) is 32.7 Å². The van der Waals surface area contributed by atoms with Gasteiger partial charge in [-0.05, 0) is 26.3 Å². The summed E-state index contributed by atoms with van der Waals surface area (Å²) in [6, 6.07) is 0.387. The van der Waals surface area contributed by atoms with Crippen LogP contribution in [0.2, 0.25) is 0 Å². The number of rotatable bonds is 4. The lowest BCUT2D eigenvalue weighted by Gasteiger charge is -2.27. The van der Waals surface area contributed by atoms with E-state index in [0.717, 1.165) is 19.4 Å².